The van der Waals surface area contributed by atoms with E-state index in [-0.39, 0.29) is 11.8 Å². The lowest BCUT2D eigenvalue weighted by Crippen LogP contribution is -2.31. The van der Waals surface area contributed by atoms with Crippen molar-refractivity contribution in [3.05, 3.63) is 131 Å². The van der Waals surface area contributed by atoms with Crippen molar-refractivity contribution in [2.24, 2.45) is 0 Å². The maximum absolute atomic E-state index is 15.3. The second-order valence-corrected chi connectivity index (χ2v) is 16.9. The largest absolute Gasteiger partial charge is 0.307 e. The first-order valence-corrected chi connectivity index (χ1v) is 22.0. The highest BCUT2D eigenvalue weighted by Gasteiger charge is 2.48. The Morgan fingerprint density at radius 3 is 1.00 bits per heavy atom. The highest BCUT2D eigenvalue weighted by atomic mass is 16.2. The lowest BCUT2D eigenvalue weighted by molar-refractivity contribution is -0.124. The van der Waals surface area contributed by atoms with Crippen LogP contribution in [0.4, 0.5) is 0 Å². The Labute approximate surface area is 341 Å². The third kappa shape index (κ3) is 6.03. The van der Waals surface area contributed by atoms with Gasteiger partial charge in [-0.2, -0.15) is 0 Å². The van der Waals surface area contributed by atoms with Crippen molar-refractivity contribution in [3.63, 3.8) is 0 Å². The van der Waals surface area contributed by atoms with E-state index in [4.69, 9.17) is 0 Å². The lowest BCUT2D eigenvalue weighted by Gasteiger charge is -2.26. The van der Waals surface area contributed by atoms with E-state index in [1.54, 1.807) is 0 Å². The molecule has 0 fully saturated rings. The van der Waals surface area contributed by atoms with E-state index in [0.29, 0.717) is 24.2 Å². The van der Waals surface area contributed by atoms with Crippen molar-refractivity contribution in [1.29, 1.82) is 0 Å². The van der Waals surface area contributed by atoms with Crippen LogP contribution in [0.5, 0.6) is 0 Å². The van der Waals surface area contributed by atoms with Gasteiger partial charge in [0.25, 0.3) is 11.8 Å². The Morgan fingerprint density at radius 1 is 0.362 bits per heavy atom. The summed E-state index contributed by atoms with van der Waals surface area (Å²) >= 11 is 0. The van der Waals surface area contributed by atoms with E-state index in [2.05, 4.69) is 123 Å². The average molecular weight is 761 g/mol. The van der Waals surface area contributed by atoms with Gasteiger partial charge in [0, 0.05) is 24.2 Å². The Morgan fingerprint density at radius 2 is 0.655 bits per heavy atom. The molecule has 0 aromatic heterocycles. The summed E-state index contributed by atoms with van der Waals surface area (Å²) in [6.07, 6.45) is 13.6. The molecule has 0 unspecified atom stereocenters. The lowest BCUT2D eigenvalue weighted by atomic mass is 9.91. The van der Waals surface area contributed by atoms with E-state index in [0.717, 1.165) is 82.6 Å². The zero-order chi connectivity index (χ0) is 39.3. The highest BCUT2D eigenvalue weighted by molar-refractivity contribution is 6.32. The number of nitrogens with zero attached hydrogens (tertiary/aromatic N) is 2. The van der Waals surface area contributed by atoms with E-state index < -0.39 is 0 Å². The number of rotatable bonds is 16. The molecule has 8 aromatic carbocycles. The normalized spacial score (nSPS) is 14.9. The first-order chi connectivity index (χ1) is 28.6. The molecular formula is C54H52N2O2. The van der Waals surface area contributed by atoms with E-state index >= 15 is 9.59 Å². The summed E-state index contributed by atoms with van der Waals surface area (Å²) in [5.41, 5.74) is 4.61. The zero-order valence-corrected chi connectivity index (χ0v) is 34.0. The van der Waals surface area contributed by atoms with Gasteiger partial charge in [0.05, 0.1) is 22.5 Å². The number of hydrogen-bond acceptors (Lipinski definition) is 2. The average Bonchev–Trinajstić information content (AvgIpc) is 3.70. The van der Waals surface area contributed by atoms with E-state index in [1.807, 2.05) is 9.80 Å². The van der Waals surface area contributed by atoms with Gasteiger partial charge in [0.2, 0.25) is 0 Å². The van der Waals surface area contributed by atoms with E-state index in [1.165, 1.54) is 81.6 Å². The summed E-state index contributed by atoms with van der Waals surface area (Å²) in [6, 6.07) is 39.6. The fraction of sp³-hybridized carbons (Fsp3) is 0.296. The van der Waals surface area contributed by atoms with Gasteiger partial charge in [0.1, 0.15) is 0 Å². The van der Waals surface area contributed by atoms with Crippen LogP contribution in [0.25, 0.3) is 76.0 Å². The summed E-state index contributed by atoms with van der Waals surface area (Å²) in [7, 11) is 0. The van der Waals surface area contributed by atoms with Crippen LogP contribution >= 0.6 is 0 Å². The number of benzene rings is 8. The summed E-state index contributed by atoms with van der Waals surface area (Å²) in [6.45, 7) is 5.68. The summed E-state index contributed by atoms with van der Waals surface area (Å²) < 4.78 is 0. The number of carbonyl (C=O) groups excluding carboxylic acids is 2. The fourth-order valence-electron chi connectivity index (χ4n) is 10.3. The molecule has 2 aliphatic heterocycles. The predicted octanol–water partition coefficient (Wildman–Crippen LogP) is 14.0. The summed E-state index contributed by atoms with van der Waals surface area (Å²) in [5.74, 6) is -0.0787. The molecule has 4 heteroatoms. The summed E-state index contributed by atoms with van der Waals surface area (Å²) in [4.78, 5) is 34.5. The third-order valence-corrected chi connectivity index (χ3v) is 13.1. The van der Waals surface area contributed by atoms with Crippen LogP contribution in [0.15, 0.2) is 120 Å². The van der Waals surface area contributed by atoms with Crippen LogP contribution in [0, 0.1) is 0 Å². The molecule has 2 heterocycles. The van der Waals surface area contributed by atoms with Crippen LogP contribution in [-0.4, -0.2) is 34.7 Å². The smallest absolute Gasteiger partial charge is 0.261 e. The maximum atomic E-state index is 15.3. The number of unbranched alkanes of at least 4 members (excludes halogenated alkanes) is 10. The second-order valence-electron chi connectivity index (χ2n) is 16.9. The number of carbonyl (C=O) groups is 2. The molecule has 0 atom stereocenters. The molecule has 290 valence electrons. The molecule has 0 bridgehead atoms. The number of amides is 2. The predicted molar refractivity (Wildman–Crippen MR) is 244 cm³/mol. The third-order valence-electron chi connectivity index (χ3n) is 13.1. The van der Waals surface area contributed by atoms with Crippen LogP contribution in [0.2, 0.25) is 0 Å². The van der Waals surface area contributed by atoms with Crippen LogP contribution in [0.3, 0.4) is 0 Å². The number of hydrogen-bond donors (Lipinski definition) is 0. The minimum Gasteiger partial charge on any atom is -0.307 e. The Bertz CT molecular complexity index is 2600. The van der Waals surface area contributed by atoms with Gasteiger partial charge in [0.15, 0.2) is 0 Å². The summed E-state index contributed by atoms with van der Waals surface area (Å²) in [5, 5.41) is 14.5. The molecule has 0 spiro atoms. The Kier molecular flexibility index (Phi) is 9.60. The molecule has 0 radical (unpaired) electrons. The van der Waals surface area contributed by atoms with Gasteiger partial charge >= 0.3 is 0 Å². The topological polar surface area (TPSA) is 40.6 Å². The van der Waals surface area contributed by atoms with Gasteiger partial charge in [-0.15, -0.1) is 0 Å². The quantitative estimate of drug-likeness (QED) is 0.0727. The van der Waals surface area contributed by atoms with Gasteiger partial charge in [-0.1, -0.05) is 163 Å². The molecule has 0 aliphatic carbocycles. The monoisotopic (exact) mass is 760 g/mol. The molecular weight excluding hydrogens is 709 g/mol. The minimum atomic E-state index is -0.0393. The first-order valence-electron chi connectivity index (χ1n) is 22.0. The molecule has 2 amide bonds. The van der Waals surface area contributed by atoms with Gasteiger partial charge in [-0.25, -0.2) is 0 Å². The standard InChI is InChI=1S/C54H52N2O2/c1-3-5-7-9-11-13-29-55-51(43-31-39-25-21-35-17-15-18-36-22-26-40(32-43)47(39)45(35)36)49-50(53(55)57)52(56(54(49)58)30-14-12-10-8-6-4-2)44-33-41-27-23-37-19-16-20-38-24-28-42(34-44)48(41)46(37)38/h15-28,31-34H,3-14,29-30H2,1-2H3. The van der Waals surface area contributed by atoms with Crippen molar-refractivity contribution in [2.45, 2.75) is 90.9 Å². The van der Waals surface area contributed by atoms with Crippen molar-refractivity contribution in [2.75, 3.05) is 13.1 Å². The molecule has 0 saturated heterocycles. The molecule has 2 aliphatic rings. The molecule has 10 rings (SSSR count). The second kappa shape index (κ2) is 15.2. The maximum Gasteiger partial charge on any atom is 0.261 e. The molecule has 4 nitrogen and oxygen atoms in total. The zero-order valence-electron chi connectivity index (χ0n) is 34.0. The van der Waals surface area contributed by atoms with Gasteiger partial charge < -0.3 is 9.80 Å². The van der Waals surface area contributed by atoms with Crippen LogP contribution in [-0.2, 0) is 9.59 Å². The SMILES string of the molecule is CCCCCCCCN1C(=O)C2=C(c3cc4ccc5cccc6ccc(c3)c4c56)N(CCCCCCCC)C(=O)C2=C1c1cc2ccc3cccc4ccc(c1)c2c34. The number of fused-ring (bicyclic) bond motifs is 1. The van der Waals surface area contributed by atoms with Crippen molar-refractivity contribution in [1.82, 2.24) is 9.80 Å². The van der Waals surface area contributed by atoms with Crippen LogP contribution in [0.1, 0.15) is 102 Å². The Balaban J connectivity index is 1.15. The van der Waals surface area contributed by atoms with Gasteiger partial charge in [-0.3, -0.25) is 9.59 Å². The molecule has 58 heavy (non-hydrogen) atoms. The van der Waals surface area contributed by atoms with Crippen molar-refractivity contribution in [3.8, 4) is 0 Å². The van der Waals surface area contributed by atoms with Crippen molar-refractivity contribution < 1.29 is 9.59 Å². The van der Waals surface area contributed by atoms with Crippen LogP contribution < -0.4 is 0 Å². The minimum absolute atomic E-state index is 0.0393. The van der Waals surface area contributed by atoms with E-state index in [9.17, 15) is 0 Å². The van der Waals surface area contributed by atoms with Crippen molar-refractivity contribution >= 4 is 87.8 Å². The molecule has 0 saturated carbocycles. The first kappa shape index (κ1) is 36.6. The molecule has 0 N–H and O–H groups in total. The fourth-order valence-corrected chi connectivity index (χ4v) is 10.3. The molecule has 8 aromatic rings. The highest BCUT2D eigenvalue weighted by Crippen LogP contribution is 2.49. The Hall–Kier alpha value is -5.74. The van der Waals surface area contributed by atoms with Gasteiger partial charge in [-0.05, 0) is 102 Å².